The van der Waals surface area contributed by atoms with E-state index in [1.165, 1.54) is 0 Å². The highest BCUT2D eigenvalue weighted by Gasteiger charge is 2.19. The second-order valence-corrected chi connectivity index (χ2v) is 4.79. The van der Waals surface area contributed by atoms with Crippen molar-refractivity contribution in [3.05, 3.63) is 42.4 Å². The molecule has 1 aliphatic rings. The van der Waals surface area contributed by atoms with E-state index in [1.54, 1.807) is 24.7 Å². The number of carbonyl (C=O) groups is 1. The van der Waals surface area contributed by atoms with Gasteiger partial charge in [-0.3, -0.25) is 9.78 Å². The summed E-state index contributed by atoms with van der Waals surface area (Å²) in [7, 11) is 0. The number of hydrogen-bond donors (Lipinski definition) is 1. The van der Waals surface area contributed by atoms with E-state index in [9.17, 15) is 4.79 Å². The number of carbonyl (C=O) groups excluding carboxylic acids is 1. The monoisotopic (exact) mass is 284 g/mol. The van der Waals surface area contributed by atoms with Crippen LogP contribution >= 0.6 is 0 Å². The molecule has 2 N–H and O–H groups in total. The van der Waals surface area contributed by atoms with Gasteiger partial charge in [-0.25, -0.2) is 4.98 Å². The minimum Gasteiger partial charge on any atom is -0.378 e. The smallest absolute Gasteiger partial charge is 0.252 e. The molecule has 3 rings (SSSR count). The molecule has 6 nitrogen and oxygen atoms in total. The zero-order chi connectivity index (χ0) is 14.7. The molecule has 108 valence electrons. The third-order valence-electron chi connectivity index (χ3n) is 3.46. The molecule has 0 unspecified atom stereocenters. The van der Waals surface area contributed by atoms with Crippen LogP contribution in [0.25, 0.3) is 11.1 Å². The summed E-state index contributed by atoms with van der Waals surface area (Å²) in [5.74, 6) is 0.156. The maximum atomic E-state index is 11.8. The Morgan fingerprint density at radius 2 is 1.90 bits per heavy atom. The van der Waals surface area contributed by atoms with Gasteiger partial charge in [-0.15, -0.1) is 0 Å². The van der Waals surface area contributed by atoms with Gasteiger partial charge in [0.2, 0.25) is 0 Å². The lowest BCUT2D eigenvalue weighted by Crippen LogP contribution is -2.38. The van der Waals surface area contributed by atoms with E-state index >= 15 is 0 Å². The van der Waals surface area contributed by atoms with Gasteiger partial charge in [-0.1, -0.05) is 0 Å². The summed E-state index contributed by atoms with van der Waals surface area (Å²) < 4.78 is 5.32. The molecule has 0 atom stereocenters. The van der Waals surface area contributed by atoms with Crippen molar-refractivity contribution in [2.45, 2.75) is 0 Å². The van der Waals surface area contributed by atoms with Crippen molar-refractivity contribution in [3.63, 3.8) is 0 Å². The van der Waals surface area contributed by atoms with Crippen LogP contribution in [0.1, 0.15) is 10.4 Å². The van der Waals surface area contributed by atoms with Crippen molar-refractivity contribution in [2.24, 2.45) is 5.73 Å². The van der Waals surface area contributed by atoms with Gasteiger partial charge in [0.25, 0.3) is 5.91 Å². The molecular formula is C15H16N4O2. The SMILES string of the molecule is NC(=O)c1cc(-c2ccncc2)cnc1N1CCOCC1. The molecule has 1 aliphatic heterocycles. The Hall–Kier alpha value is -2.47. The zero-order valence-electron chi connectivity index (χ0n) is 11.5. The number of hydrogen-bond acceptors (Lipinski definition) is 5. The zero-order valence-corrected chi connectivity index (χ0v) is 11.5. The highest BCUT2D eigenvalue weighted by Crippen LogP contribution is 2.25. The Balaban J connectivity index is 2.00. The number of rotatable bonds is 3. The third kappa shape index (κ3) is 2.85. The van der Waals surface area contributed by atoms with Gasteiger partial charge in [0.05, 0.1) is 18.8 Å². The molecule has 2 aromatic heterocycles. The number of aromatic nitrogens is 2. The maximum Gasteiger partial charge on any atom is 0.252 e. The Morgan fingerprint density at radius 1 is 1.19 bits per heavy atom. The number of nitrogens with zero attached hydrogens (tertiary/aromatic N) is 3. The summed E-state index contributed by atoms with van der Waals surface area (Å²) in [4.78, 5) is 22.2. The van der Waals surface area contributed by atoms with E-state index in [1.807, 2.05) is 17.0 Å². The topological polar surface area (TPSA) is 81.3 Å². The van der Waals surface area contributed by atoms with E-state index in [0.29, 0.717) is 37.7 Å². The second kappa shape index (κ2) is 5.88. The molecule has 0 spiro atoms. The summed E-state index contributed by atoms with van der Waals surface area (Å²) in [5, 5.41) is 0. The number of primary amides is 1. The summed E-state index contributed by atoms with van der Waals surface area (Å²) >= 11 is 0. The standard InChI is InChI=1S/C15H16N4O2/c16-14(20)13-9-12(11-1-3-17-4-2-11)10-18-15(13)19-5-7-21-8-6-19/h1-4,9-10H,5-8H2,(H2,16,20). The van der Waals surface area contributed by atoms with Crippen LogP contribution in [-0.2, 0) is 4.74 Å². The molecule has 0 aliphatic carbocycles. The number of pyridine rings is 2. The van der Waals surface area contributed by atoms with Gasteiger partial charge >= 0.3 is 0 Å². The largest absolute Gasteiger partial charge is 0.378 e. The van der Waals surface area contributed by atoms with Gasteiger partial charge in [-0.2, -0.15) is 0 Å². The number of anilines is 1. The first-order valence-electron chi connectivity index (χ1n) is 6.78. The number of morpholine rings is 1. The van der Waals surface area contributed by atoms with Gasteiger partial charge in [0, 0.05) is 37.2 Å². The van der Waals surface area contributed by atoms with Crippen LogP contribution in [-0.4, -0.2) is 42.2 Å². The van der Waals surface area contributed by atoms with Gasteiger partial charge < -0.3 is 15.4 Å². The Labute approximate surface area is 122 Å². The second-order valence-electron chi connectivity index (χ2n) is 4.79. The van der Waals surface area contributed by atoms with Gasteiger partial charge in [0.15, 0.2) is 0 Å². The molecule has 0 saturated carbocycles. The molecule has 1 fully saturated rings. The molecule has 0 aromatic carbocycles. The highest BCUT2D eigenvalue weighted by atomic mass is 16.5. The minimum atomic E-state index is -0.472. The van der Waals surface area contributed by atoms with Crippen molar-refractivity contribution in [2.75, 3.05) is 31.2 Å². The van der Waals surface area contributed by atoms with Crippen molar-refractivity contribution in [3.8, 4) is 11.1 Å². The first-order chi connectivity index (χ1) is 10.3. The fraction of sp³-hybridized carbons (Fsp3) is 0.267. The molecule has 1 amide bonds. The van der Waals surface area contributed by atoms with Crippen LogP contribution in [0.2, 0.25) is 0 Å². The molecule has 0 radical (unpaired) electrons. The Morgan fingerprint density at radius 3 is 2.57 bits per heavy atom. The van der Waals surface area contributed by atoms with Crippen LogP contribution in [0, 0.1) is 0 Å². The minimum absolute atomic E-state index is 0.436. The third-order valence-corrected chi connectivity index (χ3v) is 3.46. The first kappa shape index (κ1) is 13.5. The predicted molar refractivity (Wildman–Crippen MR) is 79.0 cm³/mol. The lowest BCUT2D eigenvalue weighted by Gasteiger charge is -2.29. The van der Waals surface area contributed by atoms with Crippen LogP contribution < -0.4 is 10.6 Å². The van der Waals surface area contributed by atoms with E-state index in [0.717, 1.165) is 11.1 Å². The van der Waals surface area contributed by atoms with E-state index < -0.39 is 5.91 Å². The maximum absolute atomic E-state index is 11.8. The van der Waals surface area contributed by atoms with Gasteiger partial charge in [-0.05, 0) is 23.8 Å². The molecule has 6 heteroatoms. The van der Waals surface area contributed by atoms with Gasteiger partial charge in [0.1, 0.15) is 5.82 Å². The molecule has 0 bridgehead atoms. The average Bonchev–Trinajstić information content (AvgIpc) is 2.56. The quantitative estimate of drug-likeness (QED) is 0.912. The Bertz CT molecular complexity index is 639. The van der Waals surface area contributed by atoms with Crippen LogP contribution in [0.5, 0.6) is 0 Å². The van der Waals surface area contributed by atoms with Crippen molar-refractivity contribution in [1.82, 2.24) is 9.97 Å². The highest BCUT2D eigenvalue weighted by molar-refractivity contribution is 5.99. The molecule has 3 heterocycles. The molecule has 2 aromatic rings. The van der Waals surface area contributed by atoms with Crippen molar-refractivity contribution in [1.29, 1.82) is 0 Å². The van der Waals surface area contributed by atoms with E-state index in [2.05, 4.69) is 9.97 Å². The van der Waals surface area contributed by atoms with Crippen LogP contribution in [0.3, 0.4) is 0 Å². The lowest BCUT2D eigenvalue weighted by atomic mass is 10.1. The summed E-state index contributed by atoms with van der Waals surface area (Å²) in [6, 6.07) is 5.53. The average molecular weight is 284 g/mol. The molecular weight excluding hydrogens is 268 g/mol. The number of nitrogens with two attached hydrogens (primary N) is 1. The van der Waals surface area contributed by atoms with E-state index in [-0.39, 0.29) is 0 Å². The van der Waals surface area contributed by atoms with Crippen LogP contribution in [0.4, 0.5) is 5.82 Å². The fourth-order valence-corrected chi connectivity index (χ4v) is 2.37. The summed E-state index contributed by atoms with van der Waals surface area (Å²) in [6.45, 7) is 2.68. The predicted octanol–water partition coefficient (Wildman–Crippen LogP) is 1.08. The normalized spacial score (nSPS) is 15.0. The first-order valence-corrected chi connectivity index (χ1v) is 6.78. The fourth-order valence-electron chi connectivity index (χ4n) is 2.37. The summed E-state index contributed by atoms with van der Waals surface area (Å²) in [6.07, 6.45) is 5.16. The summed E-state index contributed by atoms with van der Waals surface area (Å²) in [5.41, 5.74) is 7.76. The van der Waals surface area contributed by atoms with Crippen molar-refractivity contribution >= 4 is 11.7 Å². The van der Waals surface area contributed by atoms with Crippen molar-refractivity contribution < 1.29 is 9.53 Å². The lowest BCUT2D eigenvalue weighted by molar-refractivity contribution is 0.0998. The molecule has 21 heavy (non-hydrogen) atoms. The number of ether oxygens (including phenoxy) is 1. The molecule has 1 saturated heterocycles. The Kier molecular flexibility index (Phi) is 3.79. The number of amides is 1. The van der Waals surface area contributed by atoms with E-state index in [4.69, 9.17) is 10.5 Å². The van der Waals surface area contributed by atoms with Crippen LogP contribution in [0.15, 0.2) is 36.8 Å².